The monoisotopic (exact) mass is 747 g/mol. The van der Waals surface area contributed by atoms with Gasteiger partial charge in [0.05, 0.1) is 24.9 Å². The fourth-order valence-electron chi connectivity index (χ4n) is 6.90. The molecule has 5 nitrogen and oxygen atoms in total. The van der Waals surface area contributed by atoms with Crippen LogP contribution in [0.25, 0.3) is 0 Å². The Morgan fingerprint density at radius 3 is 2.16 bits per heavy atom. The molecule has 3 rings (SSSR count). The predicted octanol–water partition coefficient (Wildman–Crippen LogP) is 10.8. The maximum atomic E-state index is 13.3. The fourth-order valence-corrected chi connectivity index (χ4v) is 9.57. The van der Waals surface area contributed by atoms with Crippen LogP contribution in [-0.4, -0.2) is 66.1 Å². The number of fused-ring (bicyclic) bond motifs is 1. The Morgan fingerprint density at radius 1 is 1.02 bits per heavy atom. The van der Waals surface area contributed by atoms with E-state index < -0.39 is 53.9 Å². The third kappa shape index (κ3) is 9.68. The lowest BCUT2D eigenvalue weighted by Gasteiger charge is -2.45. The lowest BCUT2D eigenvalue weighted by molar-refractivity contribution is -0.278. The number of allylic oxidation sites excluding steroid dienone is 4. The summed E-state index contributed by atoms with van der Waals surface area (Å²) in [6.45, 7) is 28.8. The van der Waals surface area contributed by atoms with Crippen LogP contribution < -0.4 is 5.32 Å². The molecule has 5 atom stereocenters. The van der Waals surface area contributed by atoms with Crippen LogP contribution in [0.15, 0.2) is 47.1 Å². The summed E-state index contributed by atoms with van der Waals surface area (Å²) < 4.78 is 83.7. The minimum absolute atomic E-state index is 0.0343. The molecule has 0 heterocycles. The number of carbonyl (C=O) groups excluding carboxylic acids is 1. The van der Waals surface area contributed by atoms with Crippen LogP contribution in [0, 0.1) is 11.3 Å². The summed E-state index contributed by atoms with van der Waals surface area (Å²) in [5.41, 5.74) is 4.32. The Hall–Kier alpha value is -1.61. The summed E-state index contributed by atoms with van der Waals surface area (Å²) in [7, 11) is -4.14. The van der Waals surface area contributed by atoms with E-state index >= 15 is 0 Å². The molecule has 0 radical (unpaired) electrons. The van der Waals surface area contributed by atoms with Gasteiger partial charge in [-0.2, -0.15) is 22.0 Å². The first-order chi connectivity index (χ1) is 22.5. The Labute approximate surface area is 299 Å². The highest BCUT2D eigenvalue weighted by Gasteiger charge is 2.57. The van der Waals surface area contributed by atoms with Gasteiger partial charge in [0.1, 0.15) is 6.61 Å². The van der Waals surface area contributed by atoms with E-state index in [-0.39, 0.29) is 33.6 Å². The van der Waals surface area contributed by atoms with Crippen molar-refractivity contribution in [1.29, 1.82) is 0 Å². The summed E-state index contributed by atoms with van der Waals surface area (Å²) in [6.07, 6.45) is 5.52. The van der Waals surface area contributed by atoms with Crippen molar-refractivity contribution < 1.29 is 40.3 Å². The van der Waals surface area contributed by atoms with Crippen molar-refractivity contribution in [3.05, 3.63) is 47.1 Å². The maximum absolute atomic E-state index is 13.3. The molecular formula is C38H62F5NO4Si2. The van der Waals surface area contributed by atoms with E-state index in [0.29, 0.717) is 0 Å². The Morgan fingerprint density at radius 2 is 1.60 bits per heavy atom. The average molecular weight is 748 g/mol. The van der Waals surface area contributed by atoms with Crippen LogP contribution in [-0.2, 0) is 18.4 Å². The SMILES string of the molecule is C=C1/C(=C\C=C2/CCC[C@]3(C)C([C@H](C)OCC(=O)NCC(F)(F)C(F)(F)F)=CC[C@@H]23)C[C@@H](O[Si](C)(C)C(C)(C)C)C[C@@H]1O[Si](C)(C)C(C)(C)C. The van der Waals surface area contributed by atoms with Crippen molar-refractivity contribution in [1.82, 2.24) is 5.32 Å². The topological polar surface area (TPSA) is 56.8 Å². The van der Waals surface area contributed by atoms with E-state index in [4.69, 9.17) is 13.6 Å². The summed E-state index contributed by atoms with van der Waals surface area (Å²) in [5.74, 6) is -5.80. The van der Waals surface area contributed by atoms with Crippen molar-refractivity contribution in [2.45, 2.75) is 161 Å². The number of carbonyl (C=O) groups is 1. The highest BCUT2D eigenvalue weighted by Crippen LogP contribution is 2.56. The Balaban J connectivity index is 1.79. The number of alkyl halides is 5. The second-order valence-electron chi connectivity index (χ2n) is 17.9. The van der Waals surface area contributed by atoms with Gasteiger partial charge in [-0.25, -0.2) is 0 Å². The number of halogens is 5. The molecular weight excluding hydrogens is 686 g/mol. The second-order valence-corrected chi connectivity index (χ2v) is 27.4. The van der Waals surface area contributed by atoms with Gasteiger partial charge >= 0.3 is 12.1 Å². The zero-order chi connectivity index (χ0) is 38.3. The standard InChI is InChI=1S/C38H62F5NO4Si2/c1-25-28(21-29(47-49(10,11)34(3,4)5)22-32(25)48-50(12,13)35(6,7)8)17-16-27-15-14-20-36(9)30(18-19-31(27)36)26(2)46-23-33(45)44-24-37(39,40)38(41,42)43/h16-18,26,29,31-32H,1,14-15,19-24H2,2-13H3,(H,44,45)/b27-16+,28-17-/t26-,29+,31-,32-,36+/m0/s1. The van der Waals surface area contributed by atoms with E-state index in [1.54, 1.807) is 12.2 Å². The van der Waals surface area contributed by atoms with Gasteiger partial charge in [0.15, 0.2) is 16.6 Å². The van der Waals surface area contributed by atoms with Gasteiger partial charge in [-0.15, -0.1) is 0 Å². The first-order valence-electron chi connectivity index (χ1n) is 18.0. The molecule has 0 bridgehead atoms. The normalized spacial score (nSPS) is 28.1. The molecule has 0 saturated heterocycles. The first kappa shape index (κ1) is 42.8. The molecule has 1 amide bonds. The quantitative estimate of drug-likeness (QED) is 0.130. The molecule has 50 heavy (non-hydrogen) atoms. The van der Waals surface area contributed by atoms with Crippen molar-refractivity contribution in [2.24, 2.45) is 11.3 Å². The Bertz CT molecular complexity index is 1360. The zero-order valence-electron chi connectivity index (χ0n) is 32.4. The minimum Gasteiger partial charge on any atom is -0.413 e. The molecule has 0 aromatic carbocycles. The second kappa shape index (κ2) is 15.0. The van der Waals surface area contributed by atoms with Crippen molar-refractivity contribution >= 4 is 22.5 Å². The van der Waals surface area contributed by atoms with E-state index in [0.717, 1.165) is 55.2 Å². The van der Waals surface area contributed by atoms with Gasteiger partial charge < -0.3 is 18.9 Å². The predicted molar refractivity (Wildman–Crippen MR) is 196 cm³/mol. The molecule has 2 fully saturated rings. The molecule has 0 aromatic heterocycles. The van der Waals surface area contributed by atoms with Crippen LogP contribution >= 0.6 is 0 Å². The van der Waals surface area contributed by atoms with E-state index in [9.17, 15) is 26.7 Å². The molecule has 3 aliphatic rings. The van der Waals surface area contributed by atoms with Crippen molar-refractivity contribution in [2.75, 3.05) is 13.2 Å². The molecule has 286 valence electrons. The van der Waals surface area contributed by atoms with E-state index in [1.165, 1.54) is 5.57 Å². The highest BCUT2D eigenvalue weighted by atomic mass is 28.4. The van der Waals surface area contributed by atoms with E-state index in [1.807, 2.05) is 0 Å². The van der Waals surface area contributed by atoms with Crippen molar-refractivity contribution in [3.8, 4) is 0 Å². The van der Waals surface area contributed by atoms with Crippen LogP contribution in [0.4, 0.5) is 22.0 Å². The van der Waals surface area contributed by atoms with E-state index in [2.05, 4.69) is 99.5 Å². The number of hydrogen-bond donors (Lipinski definition) is 1. The fraction of sp³-hybridized carbons (Fsp3) is 0.763. The summed E-state index contributed by atoms with van der Waals surface area (Å²) in [4.78, 5) is 12.1. The maximum Gasteiger partial charge on any atom is 0.455 e. The third-order valence-electron chi connectivity index (χ3n) is 12.2. The van der Waals surface area contributed by atoms with Crippen LogP contribution in [0.1, 0.15) is 93.9 Å². The molecule has 12 heteroatoms. The average Bonchev–Trinajstić information content (AvgIpc) is 3.31. The molecule has 2 saturated carbocycles. The lowest BCUT2D eigenvalue weighted by atomic mass is 9.63. The van der Waals surface area contributed by atoms with Gasteiger partial charge in [0, 0.05) is 6.42 Å². The summed E-state index contributed by atoms with van der Waals surface area (Å²) in [6, 6.07) is 0. The van der Waals surface area contributed by atoms with Gasteiger partial charge in [-0.05, 0) is 103 Å². The van der Waals surface area contributed by atoms with Crippen LogP contribution in [0.3, 0.4) is 0 Å². The number of rotatable bonds is 11. The third-order valence-corrected chi connectivity index (χ3v) is 21.2. The van der Waals surface area contributed by atoms with Gasteiger partial charge in [-0.3, -0.25) is 4.79 Å². The molecule has 3 aliphatic carbocycles. The molecule has 1 N–H and O–H groups in total. The highest BCUT2D eigenvalue weighted by molar-refractivity contribution is 6.74. The van der Waals surface area contributed by atoms with Crippen molar-refractivity contribution in [3.63, 3.8) is 0 Å². The zero-order valence-corrected chi connectivity index (χ0v) is 34.4. The number of amides is 1. The number of nitrogens with one attached hydrogen (secondary N) is 1. The van der Waals surface area contributed by atoms with Crippen LogP contribution in [0.5, 0.6) is 0 Å². The number of ether oxygens (including phenoxy) is 1. The largest absolute Gasteiger partial charge is 0.455 e. The van der Waals surface area contributed by atoms with Gasteiger partial charge in [0.25, 0.3) is 0 Å². The minimum atomic E-state index is -5.74. The Kier molecular flexibility index (Phi) is 12.9. The molecule has 0 spiro atoms. The lowest BCUT2D eigenvalue weighted by Crippen LogP contribution is -2.49. The molecule has 0 unspecified atom stereocenters. The smallest absolute Gasteiger partial charge is 0.413 e. The number of hydrogen-bond acceptors (Lipinski definition) is 4. The van der Waals surface area contributed by atoms with Gasteiger partial charge in [-0.1, -0.05) is 78.8 Å². The van der Waals surface area contributed by atoms with Crippen LogP contribution in [0.2, 0.25) is 36.3 Å². The first-order valence-corrected chi connectivity index (χ1v) is 23.8. The summed E-state index contributed by atoms with van der Waals surface area (Å²) in [5, 5.41) is 1.79. The molecule has 0 aromatic rings. The van der Waals surface area contributed by atoms with Gasteiger partial charge in [0.2, 0.25) is 5.91 Å². The summed E-state index contributed by atoms with van der Waals surface area (Å²) >= 11 is 0. The molecule has 0 aliphatic heterocycles.